The molecular weight excluding hydrogens is 362 g/mol. The number of amides is 2. The van der Waals surface area contributed by atoms with E-state index in [0.717, 1.165) is 43.6 Å². The van der Waals surface area contributed by atoms with Gasteiger partial charge in [0.15, 0.2) is 0 Å². The molecule has 29 heavy (non-hydrogen) atoms. The summed E-state index contributed by atoms with van der Waals surface area (Å²) in [4.78, 5) is 33.1. The molecule has 0 N–H and O–H groups in total. The van der Waals surface area contributed by atoms with E-state index in [1.807, 2.05) is 40.1 Å². The predicted molar refractivity (Wildman–Crippen MR) is 113 cm³/mol. The lowest BCUT2D eigenvalue weighted by molar-refractivity contribution is -0.132. The van der Waals surface area contributed by atoms with Gasteiger partial charge in [-0.05, 0) is 30.0 Å². The van der Waals surface area contributed by atoms with Crippen LogP contribution in [0.15, 0.2) is 60.9 Å². The number of nitrogens with zero attached hydrogens (tertiary/aromatic N) is 3. The number of carbonyl (C=O) groups excluding carboxylic acids is 2. The molecule has 2 aliphatic heterocycles. The lowest BCUT2D eigenvalue weighted by atomic mass is 9.77. The second-order valence-corrected chi connectivity index (χ2v) is 8.18. The molecule has 150 valence electrons. The topological polar surface area (TPSA) is 53.5 Å². The van der Waals surface area contributed by atoms with E-state index < -0.39 is 0 Å². The first kappa shape index (κ1) is 19.4. The van der Waals surface area contributed by atoms with Crippen LogP contribution in [0.5, 0.6) is 0 Å². The van der Waals surface area contributed by atoms with Gasteiger partial charge in [0.2, 0.25) is 11.8 Å². The van der Waals surface area contributed by atoms with Gasteiger partial charge in [0.05, 0.1) is 6.42 Å². The normalized spacial score (nSPS) is 18.7. The Kier molecular flexibility index (Phi) is 5.74. The molecule has 5 heteroatoms. The van der Waals surface area contributed by atoms with Crippen LogP contribution in [0.3, 0.4) is 0 Å². The smallest absolute Gasteiger partial charge is 0.227 e. The average molecular weight is 389 g/mol. The van der Waals surface area contributed by atoms with Crippen LogP contribution in [-0.2, 0) is 16.0 Å². The van der Waals surface area contributed by atoms with Crippen molar-refractivity contribution in [3.8, 4) is 0 Å². The van der Waals surface area contributed by atoms with Gasteiger partial charge in [-0.1, -0.05) is 48.6 Å². The number of aromatic nitrogens is 1. The Morgan fingerprint density at radius 2 is 1.90 bits per heavy atom. The number of pyridine rings is 1. The van der Waals surface area contributed by atoms with Crippen LogP contribution in [0.25, 0.3) is 6.08 Å². The van der Waals surface area contributed by atoms with Crippen LogP contribution in [0.4, 0.5) is 0 Å². The van der Waals surface area contributed by atoms with Crippen molar-refractivity contribution < 1.29 is 9.59 Å². The molecule has 0 unspecified atom stereocenters. The van der Waals surface area contributed by atoms with Crippen molar-refractivity contribution in [2.24, 2.45) is 5.41 Å². The number of rotatable bonds is 5. The van der Waals surface area contributed by atoms with Gasteiger partial charge in [-0.25, -0.2) is 0 Å². The monoisotopic (exact) mass is 389 g/mol. The zero-order valence-electron chi connectivity index (χ0n) is 16.7. The first-order chi connectivity index (χ1) is 14.1. The maximum absolute atomic E-state index is 12.6. The maximum atomic E-state index is 12.6. The fourth-order valence-corrected chi connectivity index (χ4v) is 4.38. The predicted octanol–water partition coefficient (Wildman–Crippen LogP) is 3.18. The standard InChI is InChI=1S/C24H27N3O2/c28-22(16-21-8-4-12-25-18-21)26-14-10-24(11-15-26)17-23(29)27(19-24)13-5-9-20-6-2-1-3-7-20/h1-9,12,18H,10-11,13-17,19H2. The molecule has 0 radical (unpaired) electrons. The Morgan fingerprint density at radius 1 is 1.10 bits per heavy atom. The molecular formula is C24H27N3O2. The van der Waals surface area contributed by atoms with Crippen LogP contribution in [0.1, 0.15) is 30.4 Å². The SMILES string of the molecule is O=C(Cc1cccnc1)N1CCC2(CC1)CC(=O)N(CC=Cc1ccccc1)C2. The van der Waals surface area contributed by atoms with Gasteiger partial charge in [-0.2, -0.15) is 0 Å². The van der Waals surface area contributed by atoms with Gasteiger partial charge in [-0.15, -0.1) is 0 Å². The number of hydrogen-bond acceptors (Lipinski definition) is 3. The van der Waals surface area contributed by atoms with Crippen molar-refractivity contribution in [3.05, 3.63) is 72.1 Å². The van der Waals surface area contributed by atoms with Crippen molar-refractivity contribution in [1.29, 1.82) is 0 Å². The Balaban J connectivity index is 1.29. The molecule has 2 aliphatic rings. The highest BCUT2D eigenvalue weighted by atomic mass is 16.2. The molecule has 5 nitrogen and oxygen atoms in total. The second-order valence-electron chi connectivity index (χ2n) is 8.18. The van der Waals surface area contributed by atoms with E-state index in [1.54, 1.807) is 12.4 Å². The first-order valence-corrected chi connectivity index (χ1v) is 10.3. The quantitative estimate of drug-likeness (QED) is 0.789. The fraction of sp³-hybridized carbons (Fsp3) is 0.375. The third kappa shape index (κ3) is 4.73. The van der Waals surface area contributed by atoms with Crippen molar-refractivity contribution in [2.45, 2.75) is 25.7 Å². The van der Waals surface area contributed by atoms with E-state index in [1.165, 1.54) is 0 Å². The van der Waals surface area contributed by atoms with Gasteiger partial charge in [-0.3, -0.25) is 14.6 Å². The van der Waals surface area contributed by atoms with Gasteiger partial charge >= 0.3 is 0 Å². The Morgan fingerprint density at radius 3 is 2.62 bits per heavy atom. The average Bonchev–Trinajstić information content (AvgIpc) is 3.04. The van der Waals surface area contributed by atoms with Gasteiger partial charge in [0, 0.05) is 50.4 Å². The van der Waals surface area contributed by atoms with E-state index in [4.69, 9.17) is 0 Å². The van der Waals surface area contributed by atoms with Crippen molar-refractivity contribution in [2.75, 3.05) is 26.2 Å². The van der Waals surface area contributed by atoms with E-state index in [0.29, 0.717) is 19.4 Å². The number of hydrogen-bond donors (Lipinski definition) is 0. The zero-order chi connectivity index (χ0) is 20.1. The molecule has 4 rings (SSSR count). The van der Waals surface area contributed by atoms with Crippen molar-refractivity contribution in [3.63, 3.8) is 0 Å². The number of piperidine rings is 1. The zero-order valence-corrected chi connectivity index (χ0v) is 16.7. The summed E-state index contributed by atoms with van der Waals surface area (Å²) >= 11 is 0. The van der Waals surface area contributed by atoms with Gasteiger partial charge in [0.25, 0.3) is 0 Å². The maximum Gasteiger partial charge on any atom is 0.227 e. The highest BCUT2D eigenvalue weighted by Crippen LogP contribution is 2.41. The van der Waals surface area contributed by atoms with Crippen LogP contribution in [0, 0.1) is 5.41 Å². The van der Waals surface area contributed by atoms with Crippen molar-refractivity contribution >= 4 is 17.9 Å². The molecule has 2 aromatic rings. The molecule has 1 aromatic heterocycles. The lowest BCUT2D eigenvalue weighted by Gasteiger charge is -2.38. The van der Waals surface area contributed by atoms with E-state index in [-0.39, 0.29) is 17.2 Å². The van der Waals surface area contributed by atoms with Crippen molar-refractivity contribution in [1.82, 2.24) is 14.8 Å². The minimum absolute atomic E-state index is 0.0305. The number of carbonyl (C=O) groups is 2. The summed E-state index contributed by atoms with van der Waals surface area (Å²) in [5.74, 6) is 0.387. The molecule has 2 saturated heterocycles. The summed E-state index contributed by atoms with van der Waals surface area (Å²) in [5, 5.41) is 0. The third-order valence-corrected chi connectivity index (χ3v) is 6.10. The summed E-state index contributed by atoms with van der Waals surface area (Å²) in [6.45, 7) is 2.93. The fourth-order valence-electron chi connectivity index (χ4n) is 4.38. The first-order valence-electron chi connectivity index (χ1n) is 10.3. The molecule has 1 spiro atoms. The molecule has 0 saturated carbocycles. The summed E-state index contributed by atoms with van der Waals surface area (Å²) < 4.78 is 0. The Hall–Kier alpha value is -2.95. The molecule has 2 fully saturated rings. The van der Waals surface area contributed by atoms with Crippen LogP contribution in [0.2, 0.25) is 0 Å². The van der Waals surface area contributed by atoms with Gasteiger partial charge < -0.3 is 9.80 Å². The molecule has 2 amide bonds. The Bertz CT molecular complexity index is 872. The molecule has 0 bridgehead atoms. The number of benzene rings is 1. The molecule has 0 atom stereocenters. The van der Waals surface area contributed by atoms with E-state index >= 15 is 0 Å². The highest BCUT2D eigenvalue weighted by molar-refractivity contribution is 5.81. The lowest BCUT2D eigenvalue weighted by Crippen LogP contribution is -2.44. The third-order valence-electron chi connectivity index (χ3n) is 6.10. The van der Waals surface area contributed by atoms with Gasteiger partial charge in [0.1, 0.15) is 0 Å². The number of likely N-dealkylation sites (tertiary alicyclic amines) is 2. The minimum atomic E-state index is 0.0305. The van der Waals surface area contributed by atoms with E-state index in [9.17, 15) is 9.59 Å². The molecule has 1 aromatic carbocycles. The summed E-state index contributed by atoms with van der Waals surface area (Å²) in [6, 6.07) is 13.9. The van der Waals surface area contributed by atoms with Crippen LogP contribution < -0.4 is 0 Å². The second kappa shape index (κ2) is 8.60. The molecule has 3 heterocycles. The summed E-state index contributed by atoms with van der Waals surface area (Å²) in [7, 11) is 0. The minimum Gasteiger partial charge on any atom is -0.342 e. The summed E-state index contributed by atoms with van der Waals surface area (Å²) in [5.41, 5.74) is 2.13. The van der Waals surface area contributed by atoms with E-state index in [2.05, 4.69) is 29.3 Å². The largest absolute Gasteiger partial charge is 0.342 e. The van der Waals surface area contributed by atoms with Crippen LogP contribution >= 0.6 is 0 Å². The van der Waals surface area contributed by atoms with Crippen LogP contribution in [-0.4, -0.2) is 52.8 Å². The molecule has 0 aliphatic carbocycles. The summed E-state index contributed by atoms with van der Waals surface area (Å²) in [6.07, 6.45) is 10.4. The Labute approximate surface area is 172 Å². The highest BCUT2D eigenvalue weighted by Gasteiger charge is 2.44.